The van der Waals surface area contributed by atoms with Gasteiger partial charge in [0, 0.05) is 37.7 Å². The first-order chi connectivity index (χ1) is 14.0. The molecule has 0 aromatic heterocycles. The number of carbonyl (C=O) groups excluding carboxylic acids is 2. The van der Waals surface area contributed by atoms with Crippen LogP contribution >= 0.6 is 0 Å². The summed E-state index contributed by atoms with van der Waals surface area (Å²) in [6.07, 6.45) is 7.48. The van der Waals surface area contributed by atoms with Crippen molar-refractivity contribution in [3.8, 4) is 0 Å². The van der Waals surface area contributed by atoms with Crippen LogP contribution in [0, 0.1) is 11.8 Å². The summed E-state index contributed by atoms with van der Waals surface area (Å²) in [5.41, 5.74) is 1.02. The van der Waals surface area contributed by atoms with Gasteiger partial charge in [-0.3, -0.25) is 14.5 Å². The Morgan fingerprint density at radius 3 is 2.38 bits per heavy atom. The fourth-order valence-corrected chi connectivity index (χ4v) is 4.19. The second kappa shape index (κ2) is 10.6. The minimum absolute atomic E-state index is 0.0192. The maximum Gasteiger partial charge on any atom is 0.246 e. The second-order valence-corrected chi connectivity index (χ2v) is 8.66. The molecule has 158 valence electrons. The quantitative estimate of drug-likeness (QED) is 0.750. The number of carbonyl (C=O) groups is 2. The summed E-state index contributed by atoms with van der Waals surface area (Å²) in [5.74, 6) is 1.02. The molecule has 3 rings (SSSR count). The number of rotatable bonds is 6. The van der Waals surface area contributed by atoms with Crippen molar-refractivity contribution in [2.24, 2.45) is 11.8 Å². The molecule has 2 aliphatic heterocycles. The van der Waals surface area contributed by atoms with E-state index in [1.54, 1.807) is 6.08 Å². The zero-order chi connectivity index (χ0) is 20.6. The van der Waals surface area contributed by atoms with E-state index in [0.717, 1.165) is 37.4 Å². The predicted molar refractivity (Wildman–Crippen MR) is 117 cm³/mol. The van der Waals surface area contributed by atoms with Crippen LogP contribution in [-0.4, -0.2) is 60.4 Å². The minimum Gasteiger partial charge on any atom is -0.354 e. The maximum absolute atomic E-state index is 12.6. The van der Waals surface area contributed by atoms with Crippen LogP contribution in [0.15, 0.2) is 36.4 Å². The Balaban J connectivity index is 1.38. The molecule has 0 spiro atoms. The summed E-state index contributed by atoms with van der Waals surface area (Å²) in [7, 11) is 0. The van der Waals surface area contributed by atoms with Crippen molar-refractivity contribution >= 4 is 17.9 Å². The van der Waals surface area contributed by atoms with E-state index >= 15 is 0 Å². The molecule has 1 aromatic rings. The lowest BCUT2D eigenvalue weighted by Gasteiger charge is -2.35. The number of nitrogens with one attached hydrogen (secondary N) is 1. The zero-order valence-electron chi connectivity index (χ0n) is 17.8. The van der Waals surface area contributed by atoms with Gasteiger partial charge in [0.05, 0.1) is 0 Å². The van der Waals surface area contributed by atoms with E-state index in [-0.39, 0.29) is 17.7 Å². The summed E-state index contributed by atoms with van der Waals surface area (Å²) in [6, 6.07) is 10.2. The van der Waals surface area contributed by atoms with Crippen LogP contribution in [0.25, 0.3) is 6.08 Å². The Hall–Kier alpha value is -2.14. The fourth-order valence-electron chi connectivity index (χ4n) is 4.19. The molecule has 1 aromatic carbocycles. The topological polar surface area (TPSA) is 52.7 Å². The fraction of sp³-hybridized carbons (Fsp3) is 0.583. The van der Waals surface area contributed by atoms with Gasteiger partial charge in [-0.2, -0.15) is 0 Å². The summed E-state index contributed by atoms with van der Waals surface area (Å²) in [4.78, 5) is 29.3. The normalized spacial score (nSPS) is 20.7. The van der Waals surface area contributed by atoms with Crippen LogP contribution in [0.4, 0.5) is 0 Å². The first-order valence-electron chi connectivity index (χ1n) is 11.1. The van der Waals surface area contributed by atoms with E-state index in [2.05, 4.69) is 24.1 Å². The van der Waals surface area contributed by atoms with Crippen molar-refractivity contribution in [2.75, 3.05) is 32.7 Å². The maximum atomic E-state index is 12.6. The van der Waals surface area contributed by atoms with E-state index in [0.29, 0.717) is 25.7 Å². The van der Waals surface area contributed by atoms with Crippen LogP contribution in [0.3, 0.4) is 0 Å². The van der Waals surface area contributed by atoms with Crippen LogP contribution in [0.2, 0.25) is 0 Å². The van der Waals surface area contributed by atoms with E-state index in [1.165, 1.54) is 12.8 Å². The molecule has 5 heteroatoms. The number of amides is 2. The molecule has 1 N–H and O–H groups in total. The van der Waals surface area contributed by atoms with Crippen molar-refractivity contribution in [2.45, 2.75) is 45.6 Å². The van der Waals surface area contributed by atoms with E-state index in [9.17, 15) is 9.59 Å². The standard InChI is InChI=1S/C24H35N3O2/c1-19-10-14-26(15-11-19)20(2)18-25-24(29)22-12-16-27(17-13-22)23(28)9-8-21-6-4-3-5-7-21/h3-9,19-20,22H,10-18H2,1-2H3,(H,25,29)/b9-8+. The molecular weight excluding hydrogens is 362 g/mol. The summed E-state index contributed by atoms with van der Waals surface area (Å²) in [6.45, 7) is 8.80. The van der Waals surface area contributed by atoms with Crippen molar-refractivity contribution in [3.63, 3.8) is 0 Å². The molecule has 0 saturated carbocycles. The molecule has 2 fully saturated rings. The number of hydrogen-bond donors (Lipinski definition) is 1. The highest BCUT2D eigenvalue weighted by Crippen LogP contribution is 2.19. The number of nitrogens with zero attached hydrogens (tertiary/aromatic N) is 2. The van der Waals surface area contributed by atoms with Gasteiger partial charge >= 0.3 is 0 Å². The Morgan fingerprint density at radius 1 is 1.07 bits per heavy atom. The molecular formula is C24H35N3O2. The number of hydrogen-bond acceptors (Lipinski definition) is 3. The minimum atomic E-state index is 0.0192. The Kier molecular flexibility index (Phi) is 7.87. The molecule has 0 aliphatic carbocycles. The Morgan fingerprint density at radius 2 is 1.72 bits per heavy atom. The average molecular weight is 398 g/mol. The summed E-state index contributed by atoms with van der Waals surface area (Å²) < 4.78 is 0. The third kappa shape index (κ3) is 6.43. The lowest BCUT2D eigenvalue weighted by atomic mass is 9.95. The van der Waals surface area contributed by atoms with Crippen LogP contribution in [-0.2, 0) is 9.59 Å². The lowest BCUT2D eigenvalue weighted by Crippen LogP contribution is -2.48. The number of piperidine rings is 2. The van der Waals surface area contributed by atoms with Gasteiger partial charge in [-0.15, -0.1) is 0 Å². The van der Waals surface area contributed by atoms with Crippen molar-refractivity contribution in [1.29, 1.82) is 0 Å². The molecule has 2 aliphatic rings. The smallest absolute Gasteiger partial charge is 0.246 e. The Labute approximate surface area is 175 Å². The van der Waals surface area contributed by atoms with Crippen LogP contribution < -0.4 is 5.32 Å². The molecule has 0 radical (unpaired) electrons. The molecule has 2 amide bonds. The molecule has 29 heavy (non-hydrogen) atoms. The van der Waals surface area contributed by atoms with Crippen LogP contribution in [0.1, 0.15) is 45.1 Å². The van der Waals surface area contributed by atoms with E-state index in [1.807, 2.05) is 41.3 Å². The van der Waals surface area contributed by atoms with Crippen LogP contribution in [0.5, 0.6) is 0 Å². The van der Waals surface area contributed by atoms with Gasteiger partial charge < -0.3 is 10.2 Å². The van der Waals surface area contributed by atoms with E-state index in [4.69, 9.17) is 0 Å². The first-order valence-corrected chi connectivity index (χ1v) is 11.1. The SMILES string of the molecule is CC1CCN(C(C)CNC(=O)C2CCN(C(=O)/C=C/c3ccccc3)CC2)CC1. The number of likely N-dealkylation sites (tertiary alicyclic amines) is 2. The predicted octanol–water partition coefficient (Wildman–Crippen LogP) is 3.18. The second-order valence-electron chi connectivity index (χ2n) is 8.66. The highest BCUT2D eigenvalue weighted by atomic mass is 16.2. The zero-order valence-corrected chi connectivity index (χ0v) is 17.8. The number of benzene rings is 1. The van der Waals surface area contributed by atoms with Crippen molar-refractivity contribution in [3.05, 3.63) is 42.0 Å². The van der Waals surface area contributed by atoms with Gasteiger partial charge in [0.25, 0.3) is 0 Å². The van der Waals surface area contributed by atoms with Gasteiger partial charge in [0.1, 0.15) is 0 Å². The average Bonchev–Trinajstić information content (AvgIpc) is 2.77. The molecule has 5 nitrogen and oxygen atoms in total. The first kappa shape index (κ1) is 21.6. The van der Waals surface area contributed by atoms with Gasteiger partial charge in [-0.25, -0.2) is 0 Å². The molecule has 1 unspecified atom stereocenters. The van der Waals surface area contributed by atoms with Gasteiger partial charge in [0.2, 0.25) is 11.8 Å². The largest absolute Gasteiger partial charge is 0.354 e. The third-order valence-corrected chi connectivity index (χ3v) is 6.41. The van der Waals surface area contributed by atoms with Crippen molar-refractivity contribution < 1.29 is 9.59 Å². The highest BCUT2D eigenvalue weighted by Gasteiger charge is 2.27. The monoisotopic (exact) mass is 397 g/mol. The third-order valence-electron chi connectivity index (χ3n) is 6.41. The van der Waals surface area contributed by atoms with E-state index < -0.39 is 0 Å². The molecule has 2 heterocycles. The summed E-state index contributed by atoms with van der Waals surface area (Å²) in [5, 5.41) is 3.15. The van der Waals surface area contributed by atoms with Gasteiger partial charge in [0.15, 0.2) is 0 Å². The molecule has 0 bridgehead atoms. The molecule has 1 atom stereocenters. The molecule has 2 saturated heterocycles. The lowest BCUT2D eigenvalue weighted by molar-refractivity contribution is -0.132. The van der Waals surface area contributed by atoms with Crippen molar-refractivity contribution in [1.82, 2.24) is 15.1 Å². The Bertz CT molecular complexity index is 687. The summed E-state index contributed by atoms with van der Waals surface area (Å²) >= 11 is 0. The van der Waals surface area contributed by atoms with Gasteiger partial charge in [-0.05, 0) is 63.3 Å². The van der Waals surface area contributed by atoms with Gasteiger partial charge in [-0.1, -0.05) is 37.3 Å². The highest BCUT2D eigenvalue weighted by molar-refractivity contribution is 5.92.